The van der Waals surface area contributed by atoms with E-state index in [0.29, 0.717) is 6.20 Å². The van der Waals surface area contributed by atoms with Crippen molar-refractivity contribution in [1.82, 2.24) is 9.97 Å². The van der Waals surface area contributed by atoms with E-state index in [1.54, 1.807) is 0 Å². The van der Waals surface area contributed by atoms with E-state index in [9.17, 15) is 26.3 Å². The van der Waals surface area contributed by atoms with E-state index in [1.807, 2.05) is 0 Å². The monoisotopic (exact) mass is 294 g/mol. The normalized spacial score (nSPS) is 12.8. The number of nitrogens with zero attached hydrogens (tertiary/aromatic N) is 1. The van der Waals surface area contributed by atoms with Gasteiger partial charge in [0.25, 0.3) is 0 Å². The summed E-state index contributed by atoms with van der Waals surface area (Å²) < 4.78 is 75.3. The molecule has 0 unspecified atom stereocenters. The Balaban J connectivity index is 2.47. The van der Waals surface area contributed by atoms with Crippen LogP contribution in [0.25, 0.3) is 11.4 Å². The van der Waals surface area contributed by atoms with Crippen molar-refractivity contribution in [2.45, 2.75) is 19.3 Å². The number of rotatable bonds is 1. The molecular formula is C12H8F6N2. The maximum Gasteiger partial charge on any atom is 0.434 e. The van der Waals surface area contributed by atoms with Crippen molar-refractivity contribution in [3.05, 3.63) is 41.2 Å². The van der Waals surface area contributed by atoms with E-state index < -0.39 is 23.6 Å². The summed E-state index contributed by atoms with van der Waals surface area (Å²) in [5.74, 6) is -0.261. The quantitative estimate of drug-likeness (QED) is 0.775. The van der Waals surface area contributed by atoms with Crippen LogP contribution >= 0.6 is 0 Å². The lowest BCUT2D eigenvalue weighted by atomic mass is 10.0. The average molecular weight is 294 g/mol. The third-order valence-corrected chi connectivity index (χ3v) is 2.68. The van der Waals surface area contributed by atoms with Crippen molar-refractivity contribution in [3.63, 3.8) is 0 Å². The van der Waals surface area contributed by atoms with Gasteiger partial charge >= 0.3 is 12.4 Å². The summed E-state index contributed by atoms with van der Waals surface area (Å²) in [7, 11) is 0. The lowest BCUT2D eigenvalue weighted by Gasteiger charge is -2.11. The minimum Gasteiger partial charge on any atom is -0.344 e. The van der Waals surface area contributed by atoms with Crippen molar-refractivity contribution in [3.8, 4) is 11.4 Å². The summed E-state index contributed by atoms with van der Waals surface area (Å²) >= 11 is 0. The van der Waals surface area contributed by atoms with Crippen LogP contribution in [0.4, 0.5) is 26.3 Å². The van der Waals surface area contributed by atoms with Gasteiger partial charge < -0.3 is 4.98 Å². The third kappa shape index (κ3) is 2.78. The topological polar surface area (TPSA) is 28.7 Å². The Bertz CT molecular complexity index is 624. The molecule has 1 N–H and O–H groups in total. The minimum atomic E-state index is -4.65. The van der Waals surface area contributed by atoms with Gasteiger partial charge in [0.05, 0.1) is 5.56 Å². The first-order chi connectivity index (χ1) is 9.09. The molecule has 2 rings (SSSR count). The fourth-order valence-electron chi connectivity index (χ4n) is 1.69. The molecule has 2 nitrogen and oxygen atoms in total. The molecule has 108 valence electrons. The van der Waals surface area contributed by atoms with Crippen LogP contribution in [0, 0.1) is 6.92 Å². The van der Waals surface area contributed by atoms with Gasteiger partial charge in [0.2, 0.25) is 0 Å². The third-order valence-electron chi connectivity index (χ3n) is 2.68. The molecule has 1 heterocycles. The fraction of sp³-hybridized carbons (Fsp3) is 0.250. The standard InChI is InChI=1S/C12H8F6N2/c1-6-2-3-7(4-8(6)11(13,14)15)10-19-5-9(20-10)12(16,17)18/h2-5H,1H3,(H,19,20). The predicted molar refractivity (Wildman–Crippen MR) is 58.8 cm³/mol. The Morgan fingerprint density at radius 1 is 1.00 bits per heavy atom. The molecule has 0 atom stereocenters. The Morgan fingerprint density at radius 3 is 2.15 bits per heavy atom. The lowest BCUT2D eigenvalue weighted by Crippen LogP contribution is -2.07. The van der Waals surface area contributed by atoms with Gasteiger partial charge in [-0.05, 0) is 18.6 Å². The van der Waals surface area contributed by atoms with E-state index in [-0.39, 0.29) is 17.0 Å². The highest BCUT2D eigenvalue weighted by molar-refractivity contribution is 5.58. The van der Waals surface area contributed by atoms with Crippen LogP contribution in [0.1, 0.15) is 16.8 Å². The number of aryl methyl sites for hydroxylation is 1. The summed E-state index contributed by atoms with van der Waals surface area (Å²) in [6.07, 6.45) is -8.60. The maximum absolute atomic E-state index is 12.7. The first-order valence-corrected chi connectivity index (χ1v) is 5.40. The molecule has 0 fully saturated rings. The SMILES string of the molecule is Cc1ccc(-c2nc(C(F)(F)F)c[nH]2)cc1C(F)(F)F. The molecule has 0 radical (unpaired) electrons. The van der Waals surface area contributed by atoms with Crippen LogP contribution in [0.2, 0.25) is 0 Å². The molecule has 0 bridgehead atoms. The van der Waals surface area contributed by atoms with Gasteiger partial charge in [0.15, 0.2) is 5.69 Å². The number of aromatic nitrogens is 2. The van der Waals surface area contributed by atoms with Crippen LogP contribution in [0.5, 0.6) is 0 Å². The van der Waals surface area contributed by atoms with Gasteiger partial charge in [0, 0.05) is 11.8 Å². The van der Waals surface area contributed by atoms with E-state index in [2.05, 4.69) is 9.97 Å². The van der Waals surface area contributed by atoms with Crippen molar-refractivity contribution in [2.75, 3.05) is 0 Å². The van der Waals surface area contributed by atoms with E-state index in [1.165, 1.54) is 19.1 Å². The van der Waals surface area contributed by atoms with Crippen LogP contribution in [-0.4, -0.2) is 9.97 Å². The van der Waals surface area contributed by atoms with E-state index in [4.69, 9.17) is 0 Å². The molecule has 20 heavy (non-hydrogen) atoms. The molecule has 8 heteroatoms. The van der Waals surface area contributed by atoms with Crippen molar-refractivity contribution < 1.29 is 26.3 Å². The Kier molecular flexibility index (Phi) is 3.27. The predicted octanol–water partition coefficient (Wildman–Crippen LogP) is 4.42. The Morgan fingerprint density at radius 2 is 1.65 bits per heavy atom. The van der Waals surface area contributed by atoms with Gasteiger partial charge in [-0.15, -0.1) is 0 Å². The van der Waals surface area contributed by atoms with Crippen molar-refractivity contribution in [1.29, 1.82) is 0 Å². The van der Waals surface area contributed by atoms with Crippen molar-refractivity contribution in [2.24, 2.45) is 0 Å². The zero-order valence-electron chi connectivity index (χ0n) is 10.0. The number of hydrogen-bond acceptors (Lipinski definition) is 1. The highest BCUT2D eigenvalue weighted by atomic mass is 19.4. The van der Waals surface area contributed by atoms with Gasteiger partial charge in [-0.25, -0.2) is 4.98 Å². The smallest absolute Gasteiger partial charge is 0.344 e. The summed E-state index contributed by atoms with van der Waals surface area (Å²) in [4.78, 5) is 5.48. The number of hydrogen-bond donors (Lipinski definition) is 1. The second kappa shape index (κ2) is 4.53. The first-order valence-electron chi connectivity index (χ1n) is 5.40. The molecule has 0 aliphatic carbocycles. The molecule has 2 aromatic rings. The van der Waals surface area contributed by atoms with Crippen molar-refractivity contribution >= 4 is 0 Å². The molecule has 0 saturated carbocycles. The number of aromatic amines is 1. The highest BCUT2D eigenvalue weighted by Gasteiger charge is 2.35. The molecule has 0 aliphatic rings. The summed E-state index contributed by atoms with van der Waals surface area (Å²) in [6.45, 7) is 1.27. The number of H-pyrrole nitrogens is 1. The largest absolute Gasteiger partial charge is 0.434 e. The molecular weight excluding hydrogens is 286 g/mol. The van der Waals surface area contributed by atoms with Crippen LogP contribution in [0.3, 0.4) is 0 Å². The molecule has 0 saturated heterocycles. The highest BCUT2D eigenvalue weighted by Crippen LogP contribution is 2.35. The van der Waals surface area contributed by atoms with E-state index >= 15 is 0 Å². The van der Waals surface area contributed by atoms with Crippen LogP contribution in [-0.2, 0) is 12.4 Å². The number of nitrogens with one attached hydrogen (secondary N) is 1. The molecule has 0 spiro atoms. The summed E-state index contributed by atoms with van der Waals surface area (Å²) in [5.41, 5.74) is -2.15. The zero-order chi connectivity index (χ0) is 15.1. The summed E-state index contributed by atoms with van der Waals surface area (Å²) in [5, 5.41) is 0. The molecule has 1 aromatic heterocycles. The number of alkyl halides is 6. The maximum atomic E-state index is 12.7. The van der Waals surface area contributed by atoms with Gasteiger partial charge in [-0.3, -0.25) is 0 Å². The lowest BCUT2D eigenvalue weighted by molar-refractivity contribution is -0.141. The zero-order valence-corrected chi connectivity index (χ0v) is 10.0. The van der Waals surface area contributed by atoms with Gasteiger partial charge in [-0.1, -0.05) is 12.1 Å². The number of imidazole rings is 1. The first kappa shape index (κ1) is 14.4. The average Bonchev–Trinajstić information content (AvgIpc) is 2.77. The fourth-order valence-corrected chi connectivity index (χ4v) is 1.69. The summed E-state index contributed by atoms with van der Waals surface area (Å²) in [6, 6.07) is 3.24. The Labute approximate surface area is 109 Å². The minimum absolute atomic E-state index is 0.0103. The molecule has 0 amide bonds. The second-order valence-electron chi connectivity index (χ2n) is 4.16. The van der Waals surface area contributed by atoms with Crippen LogP contribution in [0.15, 0.2) is 24.4 Å². The molecule has 0 aliphatic heterocycles. The second-order valence-corrected chi connectivity index (χ2v) is 4.16. The Hall–Kier alpha value is -1.99. The van der Waals surface area contributed by atoms with E-state index in [0.717, 1.165) is 6.07 Å². The van der Waals surface area contributed by atoms with Gasteiger partial charge in [-0.2, -0.15) is 26.3 Å². The number of halogens is 6. The van der Waals surface area contributed by atoms with Gasteiger partial charge in [0.1, 0.15) is 5.82 Å². The molecule has 1 aromatic carbocycles. The van der Waals surface area contributed by atoms with Crippen LogP contribution < -0.4 is 0 Å². The number of benzene rings is 1.